The number of primary amides is 1. The first kappa shape index (κ1) is 10.9. The number of hydrogen-bond donors (Lipinski definition) is 2. The van der Waals surface area contributed by atoms with Gasteiger partial charge >= 0.3 is 0 Å². The summed E-state index contributed by atoms with van der Waals surface area (Å²) in [5, 5.41) is 11.3. The third-order valence-electron chi connectivity index (χ3n) is 1.62. The fourth-order valence-corrected chi connectivity index (χ4v) is 0.875. The highest BCUT2D eigenvalue weighted by Crippen LogP contribution is 2.03. The van der Waals surface area contributed by atoms with Gasteiger partial charge in [-0.15, -0.1) is 0 Å². The van der Waals surface area contributed by atoms with Crippen molar-refractivity contribution < 1.29 is 4.79 Å². The van der Waals surface area contributed by atoms with Crippen molar-refractivity contribution in [3.05, 3.63) is 0 Å². The molecule has 0 aromatic carbocycles. The van der Waals surface area contributed by atoms with Gasteiger partial charge in [0.05, 0.1) is 18.0 Å². The molecule has 0 saturated heterocycles. The van der Waals surface area contributed by atoms with Crippen LogP contribution >= 0.6 is 0 Å². The van der Waals surface area contributed by atoms with Gasteiger partial charge in [-0.05, 0) is 20.8 Å². The molecule has 0 rings (SSSR count). The van der Waals surface area contributed by atoms with Crippen molar-refractivity contribution in [2.24, 2.45) is 5.73 Å². The van der Waals surface area contributed by atoms with Gasteiger partial charge in [0, 0.05) is 6.04 Å². The summed E-state index contributed by atoms with van der Waals surface area (Å²) in [5.74, 6) is -0.410. The van der Waals surface area contributed by atoms with Crippen molar-refractivity contribution in [2.45, 2.75) is 38.8 Å². The summed E-state index contributed by atoms with van der Waals surface area (Å²) in [4.78, 5) is 10.8. The Kier molecular flexibility index (Phi) is 3.71. The molecule has 0 radical (unpaired) electrons. The van der Waals surface area contributed by atoms with E-state index in [2.05, 4.69) is 5.32 Å². The summed E-state index contributed by atoms with van der Waals surface area (Å²) in [5.41, 5.74) is 4.39. The number of nitriles is 1. The number of amides is 1. The summed E-state index contributed by atoms with van der Waals surface area (Å²) in [7, 11) is 0. The summed E-state index contributed by atoms with van der Waals surface area (Å²) in [6.07, 6.45) is 0.372. The SMILES string of the molecule is CC(CC#N)NC(C)(C)C(N)=O. The van der Waals surface area contributed by atoms with Crippen molar-refractivity contribution in [1.82, 2.24) is 5.32 Å². The highest BCUT2D eigenvalue weighted by Gasteiger charge is 2.25. The zero-order chi connectivity index (χ0) is 9.78. The van der Waals surface area contributed by atoms with Crippen LogP contribution in [0.5, 0.6) is 0 Å². The molecular formula is C8H15N3O. The van der Waals surface area contributed by atoms with E-state index in [0.29, 0.717) is 6.42 Å². The van der Waals surface area contributed by atoms with E-state index >= 15 is 0 Å². The Balaban J connectivity index is 4.07. The summed E-state index contributed by atoms with van der Waals surface area (Å²) in [6.45, 7) is 5.24. The smallest absolute Gasteiger partial charge is 0.237 e. The molecule has 0 bridgehead atoms. The van der Waals surface area contributed by atoms with Gasteiger partial charge in [0.2, 0.25) is 5.91 Å². The molecule has 0 heterocycles. The molecule has 1 unspecified atom stereocenters. The quantitative estimate of drug-likeness (QED) is 0.628. The van der Waals surface area contributed by atoms with Crippen molar-refractivity contribution in [3.63, 3.8) is 0 Å². The van der Waals surface area contributed by atoms with Crippen LogP contribution in [0.25, 0.3) is 0 Å². The summed E-state index contributed by atoms with van der Waals surface area (Å²) in [6, 6.07) is 2.00. The van der Waals surface area contributed by atoms with E-state index < -0.39 is 11.4 Å². The zero-order valence-electron chi connectivity index (χ0n) is 7.72. The van der Waals surface area contributed by atoms with E-state index in [1.807, 2.05) is 13.0 Å². The molecule has 4 heteroatoms. The fourth-order valence-electron chi connectivity index (χ4n) is 0.875. The van der Waals surface area contributed by atoms with Crippen LogP contribution in [0.2, 0.25) is 0 Å². The summed E-state index contributed by atoms with van der Waals surface area (Å²) >= 11 is 0. The van der Waals surface area contributed by atoms with Gasteiger partial charge in [0.15, 0.2) is 0 Å². The molecule has 68 valence electrons. The average Bonchev–Trinajstić information content (AvgIpc) is 1.85. The van der Waals surface area contributed by atoms with Crippen LogP contribution < -0.4 is 11.1 Å². The number of rotatable bonds is 4. The first-order valence-corrected chi connectivity index (χ1v) is 3.84. The Morgan fingerprint density at radius 3 is 2.58 bits per heavy atom. The van der Waals surface area contributed by atoms with Gasteiger partial charge in [-0.25, -0.2) is 0 Å². The Labute approximate surface area is 72.7 Å². The van der Waals surface area contributed by atoms with Crippen LogP contribution in [-0.4, -0.2) is 17.5 Å². The lowest BCUT2D eigenvalue weighted by molar-refractivity contribution is -0.123. The van der Waals surface area contributed by atoms with Crippen LogP contribution in [0, 0.1) is 11.3 Å². The number of nitrogens with one attached hydrogen (secondary N) is 1. The maximum atomic E-state index is 10.8. The number of carbonyl (C=O) groups is 1. The minimum Gasteiger partial charge on any atom is -0.368 e. The minimum absolute atomic E-state index is 0.0162. The van der Waals surface area contributed by atoms with E-state index in [-0.39, 0.29) is 6.04 Å². The lowest BCUT2D eigenvalue weighted by atomic mass is 10.0. The lowest BCUT2D eigenvalue weighted by Crippen LogP contribution is -2.53. The highest BCUT2D eigenvalue weighted by atomic mass is 16.1. The van der Waals surface area contributed by atoms with Crippen LogP contribution in [0.4, 0.5) is 0 Å². The van der Waals surface area contributed by atoms with Gasteiger partial charge in [-0.2, -0.15) is 5.26 Å². The van der Waals surface area contributed by atoms with Gasteiger partial charge < -0.3 is 11.1 Å². The molecule has 4 nitrogen and oxygen atoms in total. The third kappa shape index (κ3) is 3.35. The number of nitrogens with zero attached hydrogens (tertiary/aromatic N) is 1. The van der Waals surface area contributed by atoms with Crippen LogP contribution in [0.15, 0.2) is 0 Å². The molecule has 0 aliphatic rings. The molecule has 0 spiro atoms. The van der Waals surface area contributed by atoms with Crippen molar-refractivity contribution >= 4 is 5.91 Å². The average molecular weight is 169 g/mol. The molecule has 12 heavy (non-hydrogen) atoms. The maximum absolute atomic E-state index is 10.8. The normalized spacial score (nSPS) is 13.5. The van der Waals surface area contributed by atoms with Crippen molar-refractivity contribution in [2.75, 3.05) is 0 Å². The van der Waals surface area contributed by atoms with Gasteiger partial charge in [0.1, 0.15) is 0 Å². The Morgan fingerprint density at radius 1 is 1.75 bits per heavy atom. The van der Waals surface area contributed by atoms with Crippen LogP contribution in [0.1, 0.15) is 27.2 Å². The van der Waals surface area contributed by atoms with Gasteiger partial charge in [-0.1, -0.05) is 0 Å². The molecule has 0 aromatic rings. The van der Waals surface area contributed by atoms with E-state index in [1.165, 1.54) is 0 Å². The van der Waals surface area contributed by atoms with Crippen molar-refractivity contribution in [1.29, 1.82) is 5.26 Å². The van der Waals surface area contributed by atoms with E-state index in [9.17, 15) is 4.79 Å². The van der Waals surface area contributed by atoms with Crippen LogP contribution in [-0.2, 0) is 4.79 Å². The lowest BCUT2D eigenvalue weighted by Gasteiger charge is -2.25. The Hall–Kier alpha value is -1.08. The van der Waals surface area contributed by atoms with E-state index in [0.717, 1.165) is 0 Å². The molecule has 0 aliphatic heterocycles. The third-order valence-corrected chi connectivity index (χ3v) is 1.62. The molecule has 3 N–H and O–H groups in total. The van der Waals surface area contributed by atoms with Gasteiger partial charge in [-0.3, -0.25) is 4.79 Å². The first-order chi connectivity index (χ1) is 5.40. The predicted octanol–water partition coefficient (Wildman–Crippen LogP) is 0.142. The molecule has 0 aliphatic carbocycles. The molecule has 1 amide bonds. The maximum Gasteiger partial charge on any atom is 0.237 e. The Bertz CT molecular complexity index is 205. The second-order valence-corrected chi connectivity index (χ2v) is 3.40. The van der Waals surface area contributed by atoms with Crippen molar-refractivity contribution in [3.8, 4) is 6.07 Å². The highest BCUT2D eigenvalue weighted by molar-refractivity contribution is 5.83. The summed E-state index contributed by atoms with van der Waals surface area (Å²) < 4.78 is 0. The van der Waals surface area contributed by atoms with Crippen LogP contribution in [0.3, 0.4) is 0 Å². The predicted molar refractivity (Wildman–Crippen MR) is 46.1 cm³/mol. The second-order valence-electron chi connectivity index (χ2n) is 3.40. The Morgan fingerprint density at radius 2 is 2.25 bits per heavy atom. The molecule has 1 atom stereocenters. The largest absolute Gasteiger partial charge is 0.368 e. The van der Waals surface area contributed by atoms with Gasteiger partial charge in [0.25, 0.3) is 0 Å². The number of carbonyl (C=O) groups excluding carboxylic acids is 1. The van der Waals surface area contributed by atoms with E-state index in [4.69, 9.17) is 11.0 Å². The zero-order valence-corrected chi connectivity index (χ0v) is 7.72. The molecule has 0 fully saturated rings. The standard InChI is InChI=1S/C8H15N3O/c1-6(4-5-9)11-8(2,3)7(10)12/h6,11H,4H2,1-3H3,(H2,10,12). The second kappa shape index (κ2) is 4.07. The fraction of sp³-hybridized carbons (Fsp3) is 0.750. The molecule has 0 aromatic heterocycles. The topological polar surface area (TPSA) is 78.9 Å². The monoisotopic (exact) mass is 169 g/mol. The number of hydrogen-bond acceptors (Lipinski definition) is 3. The molecular weight excluding hydrogens is 154 g/mol. The first-order valence-electron chi connectivity index (χ1n) is 3.84. The molecule has 0 saturated carbocycles. The number of nitrogens with two attached hydrogens (primary N) is 1. The minimum atomic E-state index is -0.740. The van der Waals surface area contributed by atoms with E-state index in [1.54, 1.807) is 13.8 Å².